The lowest BCUT2D eigenvalue weighted by atomic mass is 9.95. The third-order valence-electron chi connectivity index (χ3n) is 5.23. The van der Waals surface area contributed by atoms with Gasteiger partial charge in [0, 0.05) is 25.9 Å². The summed E-state index contributed by atoms with van der Waals surface area (Å²) in [4.78, 5) is 38.3. The molecule has 3 heterocycles. The Morgan fingerprint density at radius 2 is 2.07 bits per heavy atom. The van der Waals surface area contributed by atoms with Gasteiger partial charge in [-0.3, -0.25) is 14.7 Å². The molecule has 0 bridgehead atoms. The molecule has 0 radical (unpaired) electrons. The lowest BCUT2D eigenvalue weighted by Gasteiger charge is -2.15. The topological polar surface area (TPSA) is 134 Å². The molecule has 2 atom stereocenters. The summed E-state index contributed by atoms with van der Waals surface area (Å²) in [5.74, 6) is 0.950. The van der Waals surface area contributed by atoms with Gasteiger partial charge in [-0.25, -0.2) is 9.97 Å². The van der Waals surface area contributed by atoms with E-state index in [1.165, 1.54) is 0 Å². The molecule has 0 aliphatic carbocycles. The Bertz CT molecular complexity index is 976. The van der Waals surface area contributed by atoms with Crippen LogP contribution in [0.3, 0.4) is 0 Å². The van der Waals surface area contributed by atoms with Crippen molar-refractivity contribution in [3.63, 3.8) is 0 Å². The van der Waals surface area contributed by atoms with E-state index in [1.54, 1.807) is 11.8 Å². The number of para-hydroxylation sites is 2. The van der Waals surface area contributed by atoms with Crippen LogP contribution in [-0.4, -0.2) is 55.0 Å². The number of nitrogens with one attached hydrogen (secondary N) is 2. The molecule has 1 aromatic carbocycles. The van der Waals surface area contributed by atoms with Crippen LogP contribution in [0.4, 0.5) is 0 Å². The van der Waals surface area contributed by atoms with Gasteiger partial charge in [-0.05, 0) is 25.5 Å². The number of likely N-dealkylation sites (tertiary alicyclic amines) is 1. The van der Waals surface area contributed by atoms with Crippen molar-refractivity contribution < 1.29 is 9.59 Å². The normalized spacial score (nSPS) is 19.4. The van der Waals surface area contributed by atoms with Crippen molar-refractivity contribution in [2.24, 2.45) is 11.7 Å². The number of aromatic amines is 2. The van der Waals surface area contributed by atoms with Crippen molar-refractivity contribution in [2.75, 3.05) is 13.1 Å². The van der Waals surface area contributed by atoms with Crippen molar-refractivity contribution in [1.29, 1.82) is 0 Å². The smallest absolute Gasteiger partial charge is 0.223 e. The zero-order valence-corrected chi connectivity index (χ0v) is 15.7. The number of rotatable bonds is 6. The number of aryl methyl sites for hydroxylation is 2. The standard InChI is InChI=1S/C19H23N7O2/c1-11-21-19(25-24-11)13-10-26(9-12(13)18(20)28)17(27)8-4-7-16-22-14-5-2-3-6-15(14)23-16/h2-3,5-6,12-13H,4,7-10H2,1H3,(H2,20,28)(H,22,23)(H,21,24,25)/t12-,13-/m1/s1. The highest BCUT2D eigenvalue weighted by Crippen LogP contribution is 2.31. The molecule has 2 amide bonds. The number of carbonyl (C=O) groups is 2. The van der Waals surface area contributed by atoms with E-state index < -0.39 is 11.8 Å². The number of amides is 2. The number of primary amides is 1. The van der Waals surface area contributed by atoms with Crippen molar-refractivity contribution in [3.05, 3.63) is 41.7 Å². The summed E-state index contributed by atoms with van der Waals surface area (Å²) >= 11 is 0. The van der Waals surface area contributed by atoms with Crippen LogP contribution in [0, 0.1) is 12.8 Å². The number of hydrogen-bond acceptors (Lipinski definition) is 5. The van der Waals surface area contributed by atoms with Crippen molar-refractivity contribution in [2.45, 2.75) is 32.1 Å². The van der Waals surface area contributed by atoms with E-state index >= 15 is 0 Å². The summed E-state index contributed by atoms with van der Waals surface area (Å²) < 4.78 is 0. The van der Waals surface area contributed by atoms with E-state index in [-0.39, 0.29) is 11.8 Å². The first kappa shape index (κ1) is 18.1. The number of nitrogens with zero attached hydrogens (tertiary/aromatic N) is 4. The molecule has 2 aromatic heterocycles. The maximum absolute atomic E-state index is 12.7. The SMILES string of the molecule is Cc1nc([C@@H]2CN(C(=O)CCCc3nc4ccccc4[nH]3)C[C@H]2C(N)=O)n[nH]1. The van der Waals surface area contributed by atoms with E-state index in [9.17, 15) is 9.59 Å². The fourth-order valence-electron chi connectivity index (χ4n) is 3.77. The van der Waals surface area contributed by atoms with Crippen molar-refractivity contribution in [3.8, 4) is 0 Å². The van der Waals surface area contributed by atoms with Crippen molar-refractivity contribution >= 4 is 22.8 Å². The average Bonchev–Trinajstić information content (AvgIpc) is 3.38. The van der Waals surface area contributed by atoms with Gasteiger partial charge < -0.3 is 15.6 Å². The molecule has 0 spiro atoms. The number of H-pyrrole nitrogens is 2. The molecule has 0 saturated carbocycles. The van der Waals surface area contributed by atoms with Gasteiger partial charge in [0.05, 0.1) is 22.9 Å². The van der Waals surface area contributed by atoms with Crippen LogP contribution in [0.2, 0.25) is 0 Å². The van der Waals surface area contributed by atoms with Gasteiger partial charge in [0.25, 0.3) is 0 Å². The van der Waals surface area contributed by atoms with E-state index in [2.05, 4.69) is 25.1 Å². The molecule has 0 unspecified atom stereocenters. The molecule has 3 aromatic rings. The number of imidazole rings is 1. The number of hydrogen-bond donors (Lipinski definition) is 3. The third-order valence-corrected chi connectivity index (χ3v) is 5.23. The fraction of sp³-hybridized carbons (Fsp3) is 0.421. The summed E-state index contributed by atoms with van der Waals surface area (Å²) in [6, 6.07) is 7.85. The second kappa shape index (κ2) is 7.41. The van der Waals surface area contributed by atoms with Crippen LogP contribution >= 0.6 is 0 Å². The molecule has 9 nitrogen and oxygen atoms in total. The summed E-state index contributed by atoms with van der Waals surface area (Å²) in [5.41, 5.74) is 7.48. The predicted molar refractivity (Wildman–Crippen MR) is 102 cm³/mol. The minimum absolute atomic E-state index is 0.0112. The molecule has 146 valence electrons. The van der Waals surface area contributed by atoms with Crippen LogP contribution in [0.1, 0.15) is 36.2 Å². The summed E-state index contributed by atoms with van der Waals surface area (Å²) in [6.07, 6.45) is 1.76. The van der Waals surface area contributed by atoms with Crippen LogP contribution < -0.4 is 5.73 Å². The fourth-order valence-corrected chi connectivity index (χ4v) is 3.77. The number of fused-ring (bicyclic) bond motifs is 1. The first-order valence-electron chi connectivity index (χ1n) is 9.41. The van der Waals surface area contributed by atoms with Crippen LogP contribution in [0.25, 0.3) is 11.0 Å². The van der Waals surface area contributed by atoms with E-state index in [0.717, 1.165) is 16.9 Å². The highest BCUT2D eigenvalue weighted by atomic mass is 16.2. The first-order valence-corrected chi connectivity index (χ1v) is 9.41. The molecular weight excluding hydrogens is 358 g/mol. The zero-order chi connectivity index (χ0) is 19.7. The van der Waals surface area contributed by atoms with Gasteiger partial charge in [0.1, 0.15) is 11.6 Å². The number of aromatic nitrogens is 5. The highest BCUT2D eigenvalue weighted by Gasteiger charge is 2.41. The molecule has 9 heteroatoms. The Morgan fingerprint density at radius 1 is 1.25 bits per heavy atom. The maximum Gasteiger partial charge on any atom is 0.223 e. The van der Waals surface area contributed by atoms with Gasteiger partial charge in [0.2, 0.25) is 11.8 Å². The average molecular weight is 381 g/mol. The molecule has 1 saturated heterocycles. The number of carbonyl (C=O) groups excluding carboxylic acids is 2. The minimum Gasteiger partial charge on any atom is -0.369 e. The maximum atomic E-state index is 12.7. The molecular formula is C19H23N7O2. The highest BCUT2D eigenvalue weighted by molar-refractivity contribution is 5.82. The van der Waals surface area contributed by atoms with Gasteiger partial charge in [-0.2, -0.15) is 5.10 Å². The van der Waals surface area contributed by atoms with Gasteiger partial charge in [-0.1, -0.05) is 12.1 Å². The molecule has 4 rings (SSSR count). The Labute approximate surface area is 161 Å². The van der Waals surface area contributed by atoms with Gasteiger partial charge >= 0.3 is 0 Å². The Morgan fingerprint density at radius 3 is 2.79 bits per heavy atom. The van der Waals surface area contributed by atoms with Crippen LogP contribution in [0.5, 0.6) is 0 Å². The summed E-state index contributed by atoms with van der Waals surface area (Å²) in [7, 11) is 0. The minimum atomic E-state index is -0.463. The second-order valence-corrected chi connectivity index (χ2v) is 7.25. The molecule has 4 N–H and O–H groups in total. The van der Waals surface area contributed by atoms with Crippen molar-refractivity contribution in [1.82, 2.24) is 30.0 Å². The second-order valence-electron chi connectivity index (χ2n) is 7.25. The van der Waals surface area contributed by atoms with Gasteiger partial charge in [0.15, 0.2) is 5.82 Å². The first-order chi connectivity index (χ1) is 13.5. The van der Waals surface area contributed by atoms with Crippen LogP contribution in [-0.2, 0) is 16.0 Å². The zero-order valence-electron chi connectivity index (χ0n) is 15.7. The Hall–Kier alpha value is -3.23. The number of nitrogens with two attached hydrogens (primary N) is 1. The molecule has 1 fully saturated rings. The number of benzene rings is 1. The Kier molecular flexibility index (Phi) is 4.81. The molecule has 1 aliphatic heterocycles. The summed E-state index contributed by atoms with van der Waals surface area (Å²) in [5, 5.41) is 6.94. The largest absolute Gasteiger partial charge is 0.369 e. The van der Waals surface area contributed by atoms with Gasteiger partial charge in [-0.15, -0.1) is 0 Å². The lowest BCUT2D eigenvalue weighted by Crippen LogP contribution is -2.32. The predicted octanol–water partition coefficient (Wildman–Crippen LogP) is 1.04. The van der Waals surface area contributed by atoms with Crippen LogP contribution in [0.15, 0.2) is 24.3 Å². The van der Waals surface area contributed by atoms with E-state index in [4.69, 9.17) is 5.73 Å². The third kappa shape index (κ3) is 3.60. The lowest BCUT2D eigenvalue weighted by molar-refractivity contribution is -0.130. The monoisotopic (exact) mass is 381 g/mol. The molecule has 28 heavy (non-hydrogen) atoms. The summed E-state index contributed by atoms with van der Waals surface area (Å²) in [6.45, 7) is 2.52. The Balaban J connectivity index is 1.35. The molecule has 1 aliphatic rings. The van der Waals surface area contributed by atoms with E-state index in [0.29, 0.717) is 44.0 Å². The quantitative estimate of drug-likeness (QED) is 0.586. The van der Waals surface area contributed by atoms with E-state index in [1.807, 2.05) is 24.3 Å².